The molecule has 0 aromatic heterocycles. The van der Waals surface area contributed by atoms with Gasteiger partial charge in [0.25, 0.3) is 0 Å². The molecule has 2 amide bonds. The molecule has 1 saturated heterocycles. The highest BCUT2D eigenvalue weighted by Gasteiger charge is 2.26. The first-order chi connectivity index (χ1) is 13.1. The van der Waals surface area contributed by atoms with Crippen LogP contribution in [-0.4, -0.2) is 37.4 Å². The fraction of sp³-hybridized carbons (Fsp3) is 0.316. The van der Waals surface area contributed by atoms with Gasteiger partial charge in [0.2, 0.25) is 6.79 Å². The number of rotatable bonds is 3. The molecule has 4 rings (SSSR count). The van der Waals surface area contributed by atoms with Crippen molar-refractivity contribution < 1.29 is 23.4 Å². The minimum atomic E-state index is -0.477. The van der Waals surface area contributed by atoms with E-state index in [0.717, 1.165) is 11.1 Å². The fourth-order valence-corrected chi connectivity index (χ4v) is 3.28. The Morgan fingerprint density at radius 3 is 2.93 bits per heavy atom. The average Bonchev–Trinajstić information content (AvgIpc) is 3.16. The number of carbonyl (C=O) groups is 1. The number of halogens is 2. The lowest BCUT2D eigenvalue weighted by molar-refractivity contribution is -0.0155. The van der Waals surface area contributed by atoms with Crippen molar-refractivity contribution in [3.63, 3.8) is 0 Å². The second-order valence-corrected chi connectivity index (χ2v) is 6.73. The Kier molecular flexibility index (Phi) is 5.05. The first kappa shape index (κ1) is 17.9. The van der Waals surface area contributed by atoms with Gasteiger partial charge in [0, 0.05) is 13.1 Å². The third-order valence-corrected chi connectivity index (χ3v) is 4.84. The van der Waals surface area contributed by atoms with Gasteiger partial charge in [0.1, 0.15) is 11.9 Å². The summed E-state index contributed by atoms with van der Waals surface area (Å²) in [6, 6.07) is 9.85. The van der Waals surface area contributed by atoms with Gasteiger partial charge in [-0.05, 0) is 35.4 Å². The number of hydrogen-bond donors (Lipinski definition) is 1. The molecule has 2 aromatic carbocycles. The molecular weight excluding hydrogens is 375 g/mol. The SMILES string of the molecule is O=C(NCc1ccc2c(c1)OCO2)N1CCO[C@@H](c2ccc(F)c(Cl)c2)C1. The van der Waals surface area contributed by atoms with Gasteiger partial charge >= 0.3 is 6.03 Å². The van der Waals surface area contributed by atoms with Crippen LogP contribution in [-0.2, 0) is 11.3 Å². The van der Waals surface area contributed by atoms with Crippen molar-refractivity contribution in [1.29, 1.82) is 0 Å². The quantitative estimate of drug-likeness (QED) is 0.868. The van der Waals surface area contributed by atoms with E-state index in [-0.39, 0.29) is 24.0 Å². The third-order valence-electron chi connectivity index (χ3n) is 4.55. The number of hydrogen-bond acceptors (Lipinski definition) is 4. The van der Waals surface area contributed by atoms with Crippen molar-refractivity contribution in [3.05, 3.63) is 58.4 Å². The van der Waals surface area contributed by atoms with Crippen molar-refractivity contribution in [2.45, 2.75) is 12.6 Å². The van der Waals surface area contributed by atoms with E-state index in [1.165, 1.54) is 12.1 Å². The molecular formula is C19H18ClFN2O4. The van der Waals surface area contributed by atoms with E-state index in [4.69, 9.17) is 25.8 Å². The third kappa shape index (κ3) is 3.94. The van der Waals surface area contributed by atoms with Gasteiger partial charge in [-0.25, -0.2) is 9.18 Å². The molecule has 2 aliphatic rings. The smallest absolute Gasteiger partial charge is 0.317 e. The molecule has 27 heavy (non-hydrogen) atoms. The maximum atomic E-state index is 13.4. The molecule has 0 saturated carbocycles. The highest BCUT2D eigenvalue weighted by molar-refractivity contribution is 6.30. The number of nitrogens with zero attached hydrogens (tertiary/aromatic N) is 1. The number of fused-ring (bicyclic) bond motifs is 1. The van der Waals surface area contributed by atoms with Crippen LogP contribution in [0, 0.1) is 5.82 Å². The molecule has 0 spiro atoms. The van der Waals surface area contributed by atoms with Crippen LogP contribution < -0.4 is 14.8 Å². The van der Waals surface area contributed by atoms with Crippen molar-refractivity contribution in [3.8, 4) is 11.5 Å². The molecule has 2 aliphatic heterocycles. The van der Waals surface area contributed by atoms with Crippen LogP contribution in [0.5, 0.6) is 11.5 Å². The lowest BCUT2D eigenvalue weighted by Crippen LogP contribution is -2.46. The van der Waals surface area contributed by atoms with E-state index in [0.29, 0.717) is 37.7 Å². The Morgan fingerprint density at radius 1 is 1.22 bits per heavy atom. The molecule has 1 atom stereocenters. The van der Waals surface area contributed by atoms with Crippen LogP contribution in [0.15, 0.2) is 36.4 Å². The minimum Gasteiger partial charge on any atom is -0.454 e. The van der Waals surface area contributed by atoms with Crippen LogP contribution in [0.25, 0.3) is 0 Å². The monoisotopic (exact) mass is 392 g/mol. The second kappa shape index (κ2) is 7.62. The molecule has 0 bridgehead atoms. The van der Waals surface area contributed by atoms with Crippen LogP contribution >= 0.6 is 11.6 Å². The number of benzene rings is 2. The molecule has 0 radical (unpaired) electrons. The van der Waals surface area contributed by atoms with E-state index >= 15 is 0 Å². The van der Waals surface area contributed by atoms with Gasteiger partial charge in [0.05, 0.1) is 18.2 Å². The number of morpholine rings is 1. The van der Waals surface area contributed by atoms with Crippen molar-refractivity contribution in [2.24, 2.45) is 0 Å². The zero-order chi connectivity index (χ0) is 18.8. The number of amides is 2. The Labute approximate surface area is 160 Å². The van der Waals surface area contributed by atoms with Gasteiger partial charge < -0.3 is 24.4 Å². The van der Waals surface area contributed by atoms with Gasteiger partial charge in [-0.15, -0.1) is 0 Å². The Balaban J connectivity index is 1.36. The fourth-order valence-electron chi connectivity index (χ4n) is 3.09. The van der Waals surface area contributed by atoms with Crippen LogP contribution in [0.1, 0.15) is 17.2 Å². The zero-order valence-corrected chi connectivity index (χ0v) is 15.2. The van der Waals surface area contributed by atoms with Crippen molar-refractivity contribution in [1.82, 2.24) is 10.2 Å². The first-order valence-electron chi connectivity index (χ1n) is 8.58. The largest absolute Gasteiger partial charge is 0.454 e. The summed E-state index contributed by atoms with van der Waals surface area (Å²) in [5.41, 5.74) is 1.66. The summed E-state index contributed by atoms with van der Waals surface area (Å²) in [5, 5.41) is 2.94. The maximum Gasteiger partial charge on any atom is 0.317 e. The predicted molar refractivity (Wildman–Crippen MR) is 96.5 cm³/mol. The summed E-state index contributed by atoms with van der Waals surface area (Å²) >= 11 is 5.85. The number of carbonyl (C=O) groups excluding carboxylic acids is 1. The highest BCUT2D eigenvalue weighted by Crippen LogP contribution is 2.32. The van der Waals surface area contributed by atoms with Crippen molar-refractivity contribution in [2.75, 3.05) is 26.5 Å². The second-order valence-electron chi connectivity index (χ2n) is 6.33. The Morgan fingerprint density at radius 2 is 2.07 bits per heavy atom. The Hall–Kier alpha value is -2.51. The number of ether oxygens (including phenoxy) is 3. The summed E-state index contributed by atoms with van der Waals surface area (Å²) in [4.78, 5) is 14.2. The van der Waals surface area contributed by atoms with Gasteiger partial charge in [0.15, 0.2) is 11.5 Å². The van der Waals surface area contributed by atoms with E-state index in [1.54, 1.807) is 11.0 Å². The summed E-state index contributed by atoms with van der Waals surface area (Å²) in [6.45, 7) is 1.85. The molecule has 2 heterocycles. The molecule has 2 aromatic rings. The van der Waals surface area contributed by atoms with Gasteiger partial charge in [-0.2, -0.15) is 0 Å². The van der Waals surface area contributed by atoms with Crippen LogP contribution in [0.2, 0.25) is 5.02 Å². The summed E-state index contributed by atoms with van der Waals surface area (Å²) in [7, 11) is 0. The van der Waals surface area contributed by atoms with E-state index < -0.39 is 5.82 Å². The highest BCUT2D eigenvalue weighted by atomic mass is 35.5. The maximum absolute atomic E-state index is 13.4. The molecule has 0 aliphatic carbocycles. The summed E-state index contributed by atoms with van der Waals surface area (Å²) < 4.78 is 29.7. The van der Waals surface area contributed by atoms with Crippen LogP contribution in [0.3, 0.4) is 0 Å². The van der Waals surface area contributed by atoms with E-state index in [9.17, 15) is 9.18 Å². The lowest BCUT2D eigenvalue weighted by atomic mass is 10.1. The normalized spacial score (nSPS) is 18.4. The topological polar surface area (TPSA) is 60.0 Å². The molecule has 1 fully saturated rings. The number of urea groups is 1. The van der Waals surface area contributed by atoms with Crippen molar-refractivity contribution >= 4 is 17.6 Å². The Bertz CT molecular complexity index is 864. The van der Waals surface area contributed by atoms with Crippen LogP contribution in [0.4, 0.5) is 9.18 Å². The zero-order valence-electron chi connectivity index (χ0n) is 14.4. The molecule has 1 N–H and O–H groups in total. The molecule has 142 valence electrons. The molecule has 0 unspecified atom stereocenters. The standard InChI is InChI=1S/C19H18ClFN2O4/c20-14-8-13(2-3-15(14)21)18-10-23(5-6-25-18)19(24)22-9-12-1-4-16-17(7-12)27-11-26-16/h1-4,7-8,18H,5-6,9-11H2,(H,22,24)/t18-/m1/s1. The number of nitrogens with one attached hydrogen (secondary N) is 1. The van der Waals surface area contributed by atoms with E-state index in [1.807, 2.05) is 18.2 Å². The summed E-state index contributed by atoms with van der Waals surface area (Å²) in [5.74, 6) is 0.912. The minimum absolute atomic E-state index is 0.0421. The lowest BCUT2D eigenvalue weighted by Gasteiger charge is -2.33. The van der Waals surface area contributed by atoms with Gasteiger partial charge in [-0.1, -0.05) is 23.7 Å². The molecule has 8 heteroatoms. The summed E-state index contributed by atoms with van der Waals surface area (Å²) in [6.07, 6.45) is -0.340. The molecule has 6 nitrogen and oxygen atoms in total. The predicted octanol–water partition coefficient (Wildman–Crippen LogP) is 3.49. The van der Waals surface area contributed by atoms with Gasteiger partial charge in [-0.3, -0.25) is 0 Å². The first-order valence-corrected chi connectivity index (χ1v) is 8.96. The van der Waals surface area contributed by atoms with E-state index in [2.05, 4.69) is 5.32 Å². The average molecular weight is 393 g/mol.